The van der Waals surface area contributed by atoms with Gasteiger partial charge >= 0.3 is 0 Å². The van der Waals surface area contributed by atoms with Crippen molar-refractivity contribution in [3.8, 4) is 5.75 Å². The number of rotatable bonds is 0. The van der Waals surface area contributed by atoms with Crippen LogP contribution >= 0.6 is 0 Å². The molecule has 0 unspecified atom stereocenters. The van der Waals surface area contributed by atoms with Crippen LogP contribution in [0.5, 0.6) is 5.75 Å². The van der Waals surface area contributed by atoms with Gasteiger partial charge in [0.2, 0.25) is 0 Å². The summed E-state index contributed by atoms with van der Waals surface area (Å²) in [5, 5.41) is 13.3. The molecule has 0 spiro atoms. The molecule has 0 bridgehead atoms. The number of fused-ring (bicyclic) bond motifs is 2. The molecule has 0 saturated heterocycles. The SMILES string of the molecule is O[C@H]1CCC[C@H]2Oc3ccccc3N[C@@H]12. The van der Waals surface area contributed by atoms with E-state index in [1.54, 1.807) is 0 Å². The van der Waals surface area contributed by atoms with E-state index in [-0.39, 0.29) is 18.2 Å². The van der Waals surface area contributed by atoms with Crippen molar-refractivity contribution in [3.63, 3.8) is 0 Å². The van der Waals surface area contributed by atoms with Gasteiger partial charge in [-0.2, -0.15) is 0 Å². The van der Waals surface area contributed by atoms with E-state index < -0.39 is 0 Å². The number of hydrogen-bond acceptors (Lipinski definition) is 3. The van der Waals surface area contributed by atoms with Crippen LogP contribution < -0.4 is 10.1 Å². The van der Waals surface area contributed by atoms with Gasteiger partial charge in [-0.05, 0) is 31.4 Å². The van der Waals surface area contributed by atoms with Crippen molar-refractivity contribution in [3.05, 3.63) is 24.3 Å². The fraction of sp³-hybridized carbons (Fsp3) is 0.500. The molecule has 80 valence electrons. The smallest absolute Gasteiger partial charge is 0.142 e. The highest BCUT2D eigenvalue weighted by Gasteiger charge is 2.37. The number of hydrogen-bond donors (Lipinski definition) is 2. The predicted octanol–water partition coefficient (Wildman–Crippen LogP) is 1.77. The maximum absolute atomic E-state index is 9.89. The van der Waals surface area contributed by atoms with Gasteiger partial charge in [-0.25, -0.2) is 0 Å². The highest BCUT2D eigenvalue weighted by atomic mass is 16.5. The molecular weight excluding hydrogens is 190 g/mol. The zero-order valence-corrected chi connectivity index (χ0v) is 8.52. The van der Waals surface area contributed by atoms with Gasteiger partial charge in [0.1, 0.15) is 11.9 Å². The fourth-order valence-electron chi connectivity index (χ4n) is 2.49. The first-order valence-corrected chi connectivity index (χ1v) is 5.55. The third kappa shape index (κ3) is 1.47. The van der Waals surface area contributed by atoms with Crippen molar-refractivity contribution in [2.24, 2.45) is 0 Å². The average molecular weight is 205 g/mol. The van der Waals surface area contributed by atoms with E-state index in [0.717, 1.165) is 30.7 Å². The first-order valence-electron chi connectivity index (χ1n) is 5.55. The standard InChI is InChI=1S/C12H15NO2/c14-9-5-3-7-11-12(9)13-8-4-1-2-6-10(8)15-11/h1-2,4,6,9,11-14H,3,5,7H2/t9-,11+,12-/m0/s1. The summed E-state index contributed by atoms with van der Waals surface area (Å²) in [4.78, 5) is 0. The molecule has 1 saturated carbocycles. The Morgan fingerprint density at radius 1 is 1.27 bits per heavy atom. The molecule has 0 aromatic heterocycles. The zero-order valence-electron chi connectivity index (χ0n) is 8.52. The van der Waals surface area contributed by atoms with Gasteiger partial charge in [-0.3, -0.25) is 0 Å². The molecule has 2 aliphatic rings. The lowest BCUT2D eigenvalue weighted by Gasteiger charge is -2.40. The summed E-state index contributed by atoms with van der Waals surface area (Å²) < 4.78 is 5.88. The molecule has 0 amide bonds. The first-order chi connectivity index (χ1) is 7.34. The normalized spacial score (nSPS) is 33.3. The number of anilines is 1. The minimum atomic E-state index is -0.280. The van der Waals surface area contributed by atoms with E-state index in [0.29, 0.717) is 0 Å². The second-order valence-electron chi connectivity index (χ2n) is 4.32. The van der Waals surface area contributed by atoms with E-state index in [4.69, 9.17) is 4.74 Å². The third-order valence-electron chi connectivity index (χ3n) is 3.29. The Kier molecular flexibility index (Phi) is 2.06. The molecule has 3 atom stereocenters. The van der Waals surface area contributed by atoms with Gasteiger partial charge < -0.3 is 15.2 Å². The molecule has 1 aromatic rings. The largest absolute Gasteiger partial charge is 0.486 e. The number of aliphatic hydroxyl groups excluding tert-OH is 1. The minimum absolute atomic E-state index is 0.0636. The van der Waals surface area contributed by atoms with Crippen LogP contribution in [-0.4, -0.2) is 23.4 Å². The Morgan fingerprint density at radius 2 is 2.13 bits per heavy atom. The number of nitrogens with one attached hydrogen (secondary N) is 1. The minimum Gasteiger partial charge on any atom is -0.486 e. The lowest BCUT2D eigenvalue weighted by molar-refractivity contribution is 0.0328. The monoisotopic (exact) mass is 205 g/mol. The highest BCUT2D eigenvalue weighted by molar-refractivity contribution is 5.59. The van der Waals surface area contributed by atoms with Crippen molar-refractivity contribution in [2.75, 3.05) is 5.32 Å². The lowest BCUT2D eigenvalue weighted by atomic mass is 9.88. The molecule has 1 aliphatic heterocycles. The zero-order chi connectivity index (χ0) is 10.3. The van der Waals surface area contributed by atoms with E-state index in [1.165, 1.54) is 0 Å². The van der Waals surface area contributed by atoms with Crippen LogP contribution in [-0.2, 0) is 0 Å². The molecular formula is C12H15NO2. The first kappa shape index (κ1) is 9.04. The van der Waals surface area contributed by atoms with Gasteiger partial charge in [0.05, 0.1) is 17.8 Å². The number of para-hydroxylation sites is 2. The van der Waals surface area contributed by atoms with Crippen molar-refractivity contribution >= 4 is 5.69 Å². The van der Waals surface area contributed by atoms with Crippen molar-refractivity contribution < 1.29 is 9.84 Å². The van der Waals surface area contributed by atoms with Crippen LogP contribution in [0.15, 0.2) is 24.3 Å². The Morgan fingerprint density at radius 3 is 3.07 bits per heavy atom. The molecule has 0 radical (unpaired) electrons. The Hall–Kier alpha value is -1.22. The summed E-state index contributed by atoms with van der Waals surface area (Å²) in [5.74, 6) is 0.910. The molecule has 1 aliphatic carbocycles. The van der Waals surface area contributed by atoms with Gasteiger partial charge in [-0.1, -0.05) is 12.1 Å². The van der Waals surface area contributed by atoms with Crippen LogP contribution in [0.2, 0.25) is 0 Å². The summed E-state index contributed by atoms with van der Waals surface area (Å²) in [6.45, 7) is 0. The van der Waals surface area contributed by atoms with Crippen molar-refractivity contribution in [2.45, 2.75) is 37.5 Å². The summed E-state index contributed by atoms with van der Waals surface area (Å²) in [6.07, 6.45) is 2.80. The van der Waals surface area contributed by atoms with Gasteiger partial charge in [-0.15, -0.1) is 0 Å². The van der Waals surface area contributed by atoms with E-state index in [9.17, 15) is 5.11 Å². The Bertz CT molecular complexity index is 366. The molecule has 15 heavy (non-hydrogen) atoms. The molecule has 1 fully saturated rings. The topological polar surface area (TPSA) is 41.5 Å². The molecule has 3 heteroatoms. The summed E-state index contributed by atoms with van der Waals surface area (Å²) in [7, 11) is 0. The average Bonchev–Trinajstić information content (AvgIpc) is 2.27. The Balaban J connectivity index is 1.92. The van der Waals surface area contributed by atoms with Gasteiger partial charge in [0.25, 0.3) is 0 Å². The number of ether oxygens (including phenoxy) is 1. The summed E-state index contributed by atoms with van der Waals surface area (Å²) >= 11 is 0. The van der Waals surface area contributed by atoms with Crippen molar-refractivity contribution in [1.29, 1.82) is 0 Å². The Labute approximate surface area is 89.1 Å². The van der Waals surface area contributed by atoms with Crippen LogP contribution in [0.4, 0.5) is 5.69 Å². The van der Waals surface area contributed by atoms with Crippen LogP contribution in [0.25, 0.3) is 0 Å². The molecule has 3 rings (SSSR count). The maximum atomic E-state index is 9.89. The van der Waals surface area contributed by atoms with Crippen LogP contribution in [0.1, 0.15) is 19.3 Å². The van der Waals surface area contributed by atoms with E-state index in [1.807, 2.05) is 24.3 Å². The van der Waals surface area contributed by atoms with Gasteiger partial charge in [0, 0.05) is 0 Å². The molecule has 2 N–H and O–H groups in total. The quantitative estimate of drug-likeness (QED) is 0.678. The lowest BCUT2D eigenvalue weighted by Crippen LogP contribution is -2.51. The van der Waals surface area contributed by atoms with Crippen molar-refractivity contribution in [1.82, 2.24) is 0 Å². The summed E-state index contributed by atoms with van der Waals surface area (Å²) in [5.41, 5.74) is 1.000. The molecule has 1 aromatic carbocycles. The van der Waals surface area contributed by atoms with Crippen LogP contribution in [0, 0.1) is 0 Å². The molecule has 1 heterocycles. The van der Waals surface area contributed by atoms with E-state index >= 15 is 0 Å². The number of aliphatic hydroxyl groups is 1. The fourth-order valence-corrected chi connectivity index (χ4v) is 2.49. The second-order valence-corrected chi connectivity index (χ2v) is 4.32. The second kappa shape index (κ2) is 3.42. The van der Waals surface area contributed by atoms with E-state index in [2.05, 4.69) is 5.32 Å². The highest BCUT2D eigenvalue weighted by Crippen LogP contribution is 2.35. The van der Waals surface area contributed by atoms with Crippen LogP contribution in [0.3, 0.4) is 0 Å². The maximum Gasteiger partial charge on any atom is 0.142 e. The molecule has 3 nitrogen and oxygen atoms in total. The number of benzene rings is 1. The third-order valence-corrected chi connectivity index (χ3v) is 3.29. The summed E-state index contributed by atoms with van der Waals surface area (Å²) in [6, 6.07) is 7.98. The predicted molar refractivity (Wildman–Crippen MR) is 58.1 cm³/mol. The van der Waals surface area contributed by atoms with Gasteiger partial charge in [0.15, 0.2) is 0 Å².